The van der Waals surface area contributed by atoms with Crippen molar-refractivity contribution in [1.29, 1.82) is 0 Å². The number of hydrogen-bond donors (Lipinski definition) is 1. The zero-order chi connectivity index (χ0) is 21.6. The molecule has 4 nitrogen and oxygen atoms in total. The first-order chi connectivity index (χ1) is 14.9. The van der Waals surface area contributed by atoms with Crippen molar-refractivity contribution < 1.29 is 8.42 Å². The molecule has 3 aromatic carbocycles. The van der Waals surface area contributed by atoms with Crippen molar-refractivity contribution in [1.82, 2.24) is 4.98 Å². The van der Waals surface area contributed by atoms with Gasteiger partial charge in [0, 0.05) is 10.6 Å². The molecule has 31 heavy (non-hydrogen) atoms. The Morgan fingerprint density at radius 3 is 2.52 bits per heavy atom. The van der Waals surface area contributed by atoms with Crippen molar-refractivity contribution in [3.8, 4) is 10.6 Å². The number of sulfonamides is 1. The third-order valence-electron chi connectivity index (χ3n) is 5.43. The summed E-state index contributed by atoms with van der Waals surface area (Å²) in [5, 5.41) is 1.84. The fourth-order valence-electron chi connectivity index (χ4n) is 3.86. The first-order valence-electron chi connectivity index (χ1n) is 9.90. The van der Waals surface area contributed by atoms with Crippen LogP contribution in [0.25, 0.3) is 20.8 Å². The van der Waals surface area contributed by atoms with Crippen LogP contribution >= 0.6 is 34.5 Å². The zero-order valence-corrected chi connectivity index (χ0v) is 19.5. The highest BCUT2D eigenvalue weighted by molar-refractivity contribution is 7.92. The number of aryl methyl sites for hydroxylation is 2. The summed E-state index contributed by atoms with van der Waals surface area (Å²) >= 11 is 14.1. The van der Waals surface area contributed by atoms with Crippen LogP contribution in [0.15, 0.2) is 59.5 Å². The van der Waals surface area contributed by atoms with Crippen molar-refractivity contribution in [3.05, 3.63) is 75.8 Å². The van der Waals surface area contributed by atoms with Gasteiger partial charge in [-0.3, -0.25) is 4.72 Å². The predicted octanol–water partition coefficient (Wildman–Crippen LogP) is 6.95. The Hall–Kier alpha value is -2.12. The lowest BCUT2D eigenvalue weighted by Crippen LogP contribution is -2.14. The van der Waals surface area contributed by atoms with E-state index in [-0.39, 0.29) is 4.90 Å². The summed E-state index contributed by atoms with van der Waals surface area (Å²) in [5.74, 6) is 0. The minimum Gasteiger partial charge on any atom is -0.280 e. The van der Waals surface area contributed by atoms with E-state index >= 15 is 0 Å². The molecule has 1 heterocycles. The van der Waals surface area contributed by atoms with Gasteiger partial charge in [0.05, 0.1) is 25.8 Å². The lowest BCUT2D eigenvalue weighted by molar-refractivity contribution is 0.600. The number of aromatic nitrogens is 1. The molecule has 0 unspecified atom stereocenters. The Morgan fingerprint density at radius 1 is 0.903 bits per heavy atom. The lowest BCUT2D eigenvalue weighted by Gasteiger charge is -2.17. The van der Waals surface area contributed by atoms with Crippen LogP contribution in [0.5, 0.6) is 0 Å². The second kappa shape index (κ2) is 8.10. The van der Waals surface area contributed by atoms with Crippen molar-refractivity contribution in [2.45, 2.75) is 30.6 Å². The van der Waals surface area contributed by atoms with Gasteiger partial charge in [0.2, 0.25) is 0 Å². The predicted molar refractivity (Wildman–Crippen MR) is 129 cm³/mol. The zero-order valence-electron chi connectivity index (χ0n) is 16.4. The molecule has 0 fully saturated rings. The molecule has 0 atom stereocenters. The highest BCUT2D eigenvalue weighted by atomic mass is 35.5. The maximum atomic E-state index is 12.9. The van der Waals surface area contributed by atoms with Crippen LogP contribution in [0, 0.1) is 0 Å². The van der Waals surface area contributed by atoms with Crippen LogP contribution in [-0.2, 0) is 22.9 Å². The topological polar surface area (TPSA) is 59.1 Å². The number of anilines is 1. The van der Waals surface area contributed by atoms with Crippen LogP contribution < -0.4 is 4.72 Å². The molecule has 0 amide bonds. The summed E-state index contributed by atoms with van der Waals surface area (Å²) in [6.07, 6.45) is 4.19. The highest BCUT2D eigenvalue weighted by Gasteiger charge is 2.19. The number of rotatable bonds is 4. The van der Waals surface area contributed by atoms with Gasteiger partial charge in [-0.05, 0) is 85.3 Å². The van der Waals surface area contributed by atoms with Gasteiger partial charge < -0.3 is 0 Å². The summed E-state index contributed by atoms with van der Waals surface area (Å²) in [4.78, 5) is 4.89. The third-order valence-corrected chi connectivity index (χ3v) is 8.41. The highest BCUT2D eigenvalue weighted by Crippen LogP contribution is 2.37. The quantitative estimate of drug-likeness (QED) is 0.338. The Kier molecular flexibility index (Phi) is 5.42. The number of hydrogen-bond acceptors (Lipinski definition) is 4. The fourth-order valence-corrected chi connectivity index (χ4v) is 6.56. The molecule has 0 radical (unpaired) electrons. The summed E-state index contributed by atoms with van der Waals surface area (Å²) in [6.45, 7) is 0. The van der Waals surface area contributed by atoms with Gasteiger partial charge in [-0.15, -0.1) is 11.3 Å². The SMILES string of the molecule is O=S(=O)(Nc1ccc(-c2nc3ccc(Cl)cc3s2)c(Cl)c1)c1ccc2c(c1)CCCC2. The molecule has 1 N–H and O–H groups in total. The van der Waals surface area contributed by atoms with Crippen LogP contribution in [0.3, 0.4) is 0 Å². The van der Waals surface area contributed by atoms with E-state index in [0.717, 1.165) is 52.0 Å². The Labute approximate surface area is 194 Å². The Bertz CT molecular complexity index is 1410. The van der Waals surface area contributed by atoms with Crippen molar-refractivity contribution in [2.24, 2.45) is 0 Å². The molecule has 0 bridgehead atoms. The van der Waals surface area contributed by atoms with Crippen LogP contribution in [-0.4, -0.2) is 13.4 Å². The number of thiazole rings is 1. The summed E-state index contributed by atoms with van der Waals surface area (Å²) in [7, 11) is -3.70. The molecule has 0 spiro atoms. The number of halogens is 2. The molecule has 1 aliphatic carbocycles. The van der Waals surface area contributed by atoms with Crippen LogP contribution in [0.2, 0.25) is 10.0 Å². The first-order valence-corrected chi connectivity index (χ1v) is 13.0. The Balaban J connectivity index is 1.43. The molecule has 1 aromatic heterocycles. The number of nitrogens with one attached hydrogen (secondary N) is 1. The molecular weight excluding hydrogens is 471 g/mol. The van der Waals surface area contributed by atoms with E-state index in [2.05, 4.69) is 9.71 Å². The third kappa shape index (κ3) is 4.17. The smallest absolute Gasteiger partial charge is 0.261 e. The van der Waals surface area contributed by atoms with Crippen molar-refractivity contribution in [3.63, 3.8) is 0 Å². The molecular formula is C23H18Cl2N2O2S2. The van der Waals surface area contributed by atoms with E-state index in [1.807, 2.05) is 18.2 Å². The minimum absolute atomic E-state index is 0.274. The molecule has 158 valence electrons. The second-order valence-corrected chi connectivity index (χ2v) is 11.1. The van der Waals surface area contributed by atoms with Crippen molar-refractivity contribution >= 4 is 60.5 Å². The average molecular weight is 489 g/mol. The summed E-state index contributed by atoms with van der Waals surface area (Å²) < 4.78 is 29.5. The molecule has 0 saturated heterocycles. The van der Waals surface area contributed by atoms with Gasteiger partial charge in [-0.25, -0.2) is 13.4 Å². The average Bonchev–Trinajstić information content (AvgIpc) is 3.16. The monoisotopic (exact) mass is 488 g/mol. The molecule has 4 aromatic rings. The normalized spacial score (nSPS) is 13.9. The maximum absolute atomic E-state index is 12.9. The number of benzene rings is 3. The van der Waals surface area contributed by atoms with Gasteiger partial charge in [-0.2, -0.15) is 0 Å². The van der Waals surface area contributed by atoms with Crippen LogP contribution in [0.4, 0.5) is 5.69 Å². The summed E-state index contributed by atoms with van der Waals surface area (Å²) in [6, 6.07) is 16.0. The van der Waals surface area contributed by atoms with Gasteiger partial charge in [-0.1, -0.05) is 29.3 Å². The van der Waals surface area contributed by atoms with E-state index < -0.39 is 10.0 Å². The van der Waals surface area contributed by atoms with Crippen molar-refractivity contribution in [2.75, 3.05) is 4.72 Å². The van der Waals surface area contributed by atoms with E-state index in [0.29, 0.717) is 15.7 Å². The number of nitrogens with zero attached hydrogens (tertiary/aromatic N) is 1. The van der Waals surface area contributed by atoms with E-state index in [9.17, 15) is 8.42 Å². The molecule has 0 aliphatic heterocycles. The molecule has 0 saturated carbocycles. The van der Waals surface area contributed by atoms with Crippen LogP contribution in [0.1, 0.15) is 24.0 Å². The molecule has 8 heteroatoms. The standard InChI is InChI=1S/C23H18Cl2N2O2S2/c24-16-6-10-21-22(12-16)30-23(26-21)19-9-7-17(13-20(19)25)27-31(28,29)18-8-5-14-3-1-2-4-15(14)11-18/h5-13,27H,1-4H2. The molecule has 5 rings (SSSR count). The fraction of sp³-hybridized carbons (Fsp3) is 0.174. The van der Waals surface area contributed by atoms with E-state index in [1.165, 1.54) is 16.9 Å². The van der Waals surface area contributed by atoms with Gasteiger partial charge in [0.25, 0.3) is 10.0 Å². The maximum Gasteiger partial charge on any atom is 0.261 e. The van der Waals surface area contributed by atoms with E-state index in [1.54, 1.807) is 36.4 Å². The van der Waals surface area contributed by atoms with Gasteiger partial charge >= 0.3 is 0 Å². The lowest BCUT2D eigenvalue weighted by atomic mass is 9.92. The van der Waals surface area contributed by atoms with Gasteiger partial charge in [0.1, 0.15) is 5.01 Å². The first kappa shape index (κ1) is 20.8. The van der Waals surface area contributed by atoms with Gasteiger partial charge in [0.15, 0.2) is 0 Å². The summed E-state index contributed by atoms with van der Waals surface area (Å²) in [5.41, 5.74) is 4.37. The second-order valence-electron chi connectivity index (χ2n) is 7.57. The minimum atomic E-state index is -3.70. The largest absolute Gasteiger partial charge is 0.280 e. The molecule has 1 aliphatic rings. The van der Waals surface area contributed by atoms with E-state index in [4.69, 9.17) is 23.2 Å². The Morgan fingerprint density at radius 2 is 1.71 bits per heavy atom. The number of fused-ring (bicyclic) bond motifs is 2.